The monoisotopic (exact) mass is 318 g/mol. The van der Waals surface area contributed by atoms with Crippen molar-refractivity contribution in [3.8, 4) is 5.88 Å². The van der Waals surface area contributed by atoms with Gasteiger partial charge in [0.25, 0.3) is 5.49 Å². The summed E-state index contributed by atoms with van der Waals surface area (Å²) in [6.45, 7) is 0. The van der Waals surface area contributed by atoms with Crippen molar-refractivity contribution >= 4 is 23.5 Å². The molecule has 0 saturated heterocycles. The Kier molecular flexibility index (Phi) is 4.39. The summed E-state index contributed by atoms with van der Waals surface area (Å²) >= 11 is 5.77. The van der Waals surface area contributed by atoms with Crippen LogP contribution in [-0.2, 0) is 14.1 Å². The zero-order valence-electron chi connectivity index (χ0n) is 11.8. The molecule has 0 aliphatic rings. The third-order valence-electron chi connectivity index (χ3n) is 2.94. The minimum Gasteiger partial charge on any atom is -0.854 e. The van der Waals surface area contributed by atoms with E-state index in [9.17, 15) is 9.90 Å². The van der Waals surface area contributed by atoms with Crippen LogP contribution >= 0.6 is 11.6 Å². The van der Waals surface area contributed by atoms with Crippen LogP contribution < -0.4 is 16.3 Å². The second-order valence-corrected chi connectivity index (χ2v) is 4.81. The van der Waals surface area contributed by atoms with Gasteiger partial charge in [-0.15, -0.1) is 5.10 Å². The van der Waals surface area contributed by atoms with Gasteiger partial charge in [-0.2, -0.15) is 5.10 Å². The Balaban J connectivity index is 2.55. The van der Waals surface area contributed by atoms with Crippen molar-refractivity contribution in [2.75, 3.05) is 0 Å². The van der Waals surface area contributed by atoms with Crippen molar-refractivity contribution in [3.63, 3.8) is 0 Å². The van der Waals surface area contributed by atoms with Crippen molar-refractivity contribution in [1.82, 2.24) is 9.13 Å². The van der Waals surface area contributed by atoms with Gasteiger partial charge < -0.3 is 9.67 Å². The highest BCUT2D eigenvalue weighted by atomic mass is 35.5. The Bertz CT molecular complexity index is 902. The average Bonchev–Trinajstić information content (AvgIpc) is 2.52. The van der Waals surface area contributed by atoms with Crippen LogP contribution in [0.4, 0.5) is 5.69 Å². The largest absolute Gasteiger partial charge is 0.854 e. The van der Waals surface area contributed by atoms with E-state index in [1.165, 1.54) is 20.3 Å². The van der Waals surface area contributed by atoms with Crippen LogP contribution in [0.2, 0.25) is 5.02 Å². The normalized spacial score (nSPS) is 11.8. The molecule has 0 atom stereocenters. The summed E-state index contributed by atoms with van der Waals surface area (Å²) in [5, 5.41) is 29.0. The smallest absolute Gasteiger partial charge is 0.437 e. The second-order valence-electron chi connectivity index (χ2n) is 4.37. The van der Waals surface area contributed by atoms with Crippen LogP contribution in [0, 0.1) is 5.39 Å². The first kappa shape index (κ1) is 15.5. The zero-order valence-corrected chi connectivity index (χ0v) is 12.5. The van der Waals surface area contributed by atoms with E-state index in [0.29, 0.717) is 5.02 Å². The lowest BCUT2D eigenvalue weighted by atomic mass is 10.2. The first-order chi connectivity index (χ1) is 10.5. The maximum atomic E-state index is 11.8. The molecule has 0 spiro atoms. The van der Waals surface area contributed by atoms with Gasteiger partial charge in [0.2, 0.25) is 5.39 Å². The fourth-order valence-electron chi connectivity index (χ4n) is 1.72. The van der Waals surface area contributed by atoms with E-state index in [2.05, 4.69) is 15.2 Å². The highest BCUT2D eigenvalue weighted by Gasteiger charge is 2.18. The molecule has 0 fully saturated rings. The van der Waals surface area contributed by atoms with Crippen LogP contribution in [0.1, 0.15) is 5.56 Å². The van der Waals surface area contributed by atoms with Gasteiger partial charge in [-0.1, -0.05) is 23.7 Å². The molecule has 0 bridgehead atoms. The van der Waals surface area contributed by atoms with E-state index in [0.717, 1.165) is 14.7 Å². The van der Waals surface area contributed by atoms with Crippen LogP contribution in [0.25, 0.3) is 4.98 Å². The van der Waals surface area contributed by atoms with Crippen LogP contribution in [0.3, 0.4) is 0 Å². The third kappa shape index (κ3) is 2.89. The molecule has 1 aromatic heterocycles. The molecule has 0 amide bonds. The highest BCUT2D eigenvalue weighted by Crippen LogP contribution is 2.14. The number of nitrogens with zero attached hydrogens (tertiary/aromatic N) is 6. The Morgan fingerprint density at radius 1 is 1.27 bits per heavy atom. The summed E-state index contributed by atoms with van der Waals surface area (Å²) in [6.07, 6.45) is 1.42. The summed E-state index contributed by atoms with van der Waals surface area (Å²) in [7, 11) is 2.67. The molecule has 0 radical (unpaired) electrons. The predicted octanol–water partition coefficient (Wildman–Crippen LogP) is 0.870. The molecule has 1 heterocycles. The zero-order chi connectivity index (χ0) is 16.3. The molecule has 2 rings (SSSR count). The Labute approximate surface area is 129 Å². The van der Waals surface area contributed by atoms with Crippen LogP contribution in [-0.4, -0.2) is 15.3 Å². The summed E-state index contributed by atoms with van der Waals surface area (Å²) < 4.78 is 1.88. The minimum atomic E-state index is -0.758. The van der Waals surface area contributed by atoms with E-state index in [-0.39, 0.29) is 11.2 Å². The quantitative estimate of drug-likeness (QED) is 0.466. The molecule has 0 N–H and O–H groups in total. The standard InChI is InChI=1S/C13H11ClN6O2/c1-19-11(10(17-15)12(21)20(2)13(19)22)18-16-7-8-3-5-9(14)6-4-8/h3-7H,1-2H3/b16-7+. The molecular formula is C13H11ClN6O2. The number of aromatic nitrogens is 2. The van der Waals surface area contributed by atoms with Crippen LogP contribution in [0.15, 0.2) is 39.3 Å². The number of halogens is 1. The molecule has 112 valence electrons. The van der Waals surface area contributed by atoms with Gasteiger partial charge in [-0.3, -0.25) is 4.57 Å². The van der Waals surface area contributed by atoms with E-state index in [4.69, 9.17) is 17.0 Å². The number of hydrogen-bond donors (Lipinski definition) is 0. The number of diazo groups is 1. The molecule has 2 aromatic rings. The molecule has 0 unspecified atom stereocenters. The fourth-order valence-corrected chi connectivity index (χ4v) is 1.84. The number of rotatable bonds is 2. The van der Waals surface area contributed by atoms with Gasteiger partial charge in [0.1, 0.15) is 0 Å². The first-order valence-electron chi connectivity index (χ1n) is 6.10. The third-order valence-corrected chi connectivity index (χ3v) is 3.19. The topological polar surface area (TPSA) is 103 Å². The lowest BCUT2D eigenvalue weighted by molar-refractivity contribution is -0.278. The molecule has 0 aliphatic heterocycles. The van der Waals surface area contributed by atoms with Gasteiger partial charge in [0.05, 0.1) is 12.1 Å². The number of benzene rings is 1. The second kappa shape index (κ2) is 6.24. The van der Waals surface area contributed by atoms with Crippen molar-refractivity contribution in [2.45, 2.75) is 0 Å². The van der Waals surface area contributed by atoms with Crippen molar-refractivity contribution in [2.24, 2.45) is 24.3 Å². The molecule has 0 aliphatic carbocycles. The highest BCUT2D eigenvalue weighted by molar-refractivity contribution is 6.30. The summed E-state index contributed by atoms with van der Waals surface area (Å²) in [4.78, 5) is 14.7. The summed E-state index contributed by atoms with van der Waals surface area (Å²) in [6, 6.07) is 6.82. The molecule has 9 heteroatoms. The molecule has 0 saturated carbocycles. The van der Waals surface area contributed by atoms with Gasteiger partial charge in [0.15, 0.2) is 4.98 Å². The van der Waals surface area contributed by atoms with Crippen molar-refractivity contribution < 1.29 is 5.11 Å². The van der Waals surface area contributed by atoms with Gasteiger partial charge in [0, 0.05) is 19.1 Å². The number of hydrogen-bond acceptors (Lipinski definition) is 5. The van der Waals surface area contributed by atoms with Gasteiger partial charge in [-0.05, 0) is 17.7 Å². The summed E-state index contributed by atoms with van der Waals surface area (Å²) in [5.41, 5.74) is -0.374. The van der Waals surface area contributed by atoms with Gasteiger partial charge in [-0.25, -0.2) is 4.79 Å². The summed E-state index contributed by atoms with van der Waals surface area (Å²) in [5.74, 6) is -0.758. The average molecular weight is 319 g/mol. The van der Waals surface area contributed by atoms with Gasteiger partial charge >= 0.3 is 11.4 Å². The van der Waals surface area contributed by atoms with Crippen molar-refractivity contribution in [1.29, 1.82) is 5.39 Å². The van der Waals surface area contributed by atoms with Crippen molar-refractivity contribution in [3.05, 3.63) is 55.8 Å². The van der Waals surface area contributed by atoms with E-state index < -0.39 is 11.6 Å². The minimum absolute atomic E-state index is 0.138. The lowest BCUT2D eigenvalue weighted by Crippen LogP contribution is -2.38. The SMILES string of the molecule is Cn1c([O-])c([N+]#N)/c(=N/N=C/c2ccc(Cl)cc2)n(C)c1=O. The lowest BCUT2D eigenvalue weighted by Gasteiger charge is -2.09. The predicted molar refractivity (Wildman–Crippen MR) is 79.5 cm³/mol. The molecule has 8 nitrogen and oxygen atoms in total. The molecule has 22 heavy (non-hydrogen) atoms. The van der Waals surface area contributed by atoms with Crippen LogP contribution in [0.5, 0.6) is 5.88 Å². The molecule has 1 aromatic carbocycles. The van der Waals surface area contributed by atoms with E-state index in [1.807, 2.05) is 0 Å². The van der Waals surface area contributed by atoms with E-state index in [1.54, 1.807) is 24.3 Å². The Morgan fingerprint density at radius 3 is 2.50 bits per heavy atom. The Hall–Kier alpha value is -2.92. The fraction of sp³-hybridized carbons (Fsp3) is 0.154. The van der Waals surface area contributed by atoms with E-state index >= 15 is 0 Å². The maximum Gasteiger partial charge on any atom is 0.437 e. The first-order valence-corrected chi connectivity index (χ1v) is 6.48. The Morgan fingerprint density at radius 2 is 1.91 bits per heavy atom. The maximum absolute atomic E-state index is 11.8. The molecular weight excluding hydrogens is 308 g/mol.